The van der Waals surface area contributed by atoms with Gasteiger partial charge in [0.15, 0.2) is 0 Å². The van der Waals surface area contributed by atoms with Crippen LogP contribution in [0.3, 0.4) is 0 Å². The van der Waals surface area contributed by atoms with Gasteiger partial charge in [0.1, 0.15) is 5.75 Å². The van der Waals surface area contributed by atoms with Crippen molar-refractivity contribution in [2.75, 3.05) is 13.7 Å². The van der Waals surface area contributed by atoms with Crippen LogP contribution in [0.1, 0.15) is 35.5 Å². The number of aromatic nitrogens is 2. The molecule has 0 aliphatic carbocycles. The van der Waals surface area contributed by atoms with E-state index in [9.17, 15) is 0 Å². The minimum Gasteiger partial charge on any atom is -0.497 e. The van der Waals surface area contributed by atoms with Crippen LogP contribution in [0.25, 0.3) is 0 Å². The number of hydrogen-bond acceptors (Lipinski definition) is 5. The highest BCUT2D eigenvalue weighted by Gasteiger charge is 2.18. The fourth-order valence-corrected chi connectivity index (χ4v) is 3.31. The SMILES string of the molecule is CCCNC(Cc1cc(OC)ccc1Br)c1snnc1C. The molecule has 0 aliphatic rings. The van der Waals surface area contributed by atoms with Crippen molar-refractivity contribution in [2.45, 2.75) is 32.7 Å². The lowest BCUT2D eigenvalue weighted by molar-refractivity contribution is 0.413. The van der Waals surface area contributed by atoms with Crippen molar-refractivity contribution in [1.82, 2.24) is 14.9 Å². The summed E-state index contributed by atoms with van der Waals surface area (Å²) in [5, 5.41) is 7.73. The van der Waals surface area contributed by atoms with Gasteiger partial charge in [-0.1, -0.05) is 27.3 Å². The number of ether oxygens (including phenoxy) is 1. The Balaban J connectivity index is 2.24. The van der Waals surface area contributed by atoms with Crippen LogP contribution in [-0.4, -0.2) is 23.2 Å². The summed E-state index contributed by atoms with van der Waals surface area (Å²) >= 11 is 5.10. The molecule has 1 aromatic carbocycles. The summed E-state index contributed by atoms with van der Waals surface area (Å²) in [5.74, 6) is 0.876. The number of benzene rings is 1. The summed E-state index contributed by atoms with van der Waals surface area (Å²) in [6.45, 7) is 5.16. The number of rotatable bonds is 7. The molecule has 0 spiro atoms. The fourth-order valence-electron chi connectivity index (χ4n) is 2.19. The molecular formula is C15H20BrN3OS. The Hall–Kier alpha value is -0.980. The molecule has 0 aliphatic heterocycles. The molecule has 1 N–H and O–H groups in total. The molecule has 1 unspecified atom stereocenters. The maximum Gasteiger partial charge on any atom is 0.119 e. The number of methoxy groups -OCH3 is 1. The Morgan fingerprint density at radius 2 is 2.24 bits per heavy atom. The number of halogens is 1. The van der Waals surface area contributed by atoms with E-state index in [1.807, 2.05) is 19.1 Å². The van der Waals surface area contributed by atoms with Crippen molar-refractivity contribution in [3.05, 3.63) is 38.8 Å². The van der Waals surface area contributed by atoms with Gasteiger partial charge in [-0.25, -0.2) is 0 Å². The molecule has 0 bridgehead atoms. The minimum absolute atomic E-state index is 0.230. The molecule has 2 rings (SSSR count). The number of hydrogen-bond donors (Lipinski definition) is 1. The average molecular weight is 370 g/mol. The lowest BCUT2D eigenvalue weighted by Gasteiger charge is -2.18. The van der Waals surface area contributed by atoms with Crippen LogP contribution in [0.4, 0.5) is 0 Å². The van der Waals surface area contributed by atoms with Crippen molar-refractivity contribution in [3.63, 3.8) is 0 Å². The summed E-state index contributed by atoms with van der Waals surface area (Å²) in [4.78, 5) is 1.21. The maximum absolute atomic E-state index is 5.32. The number of aryl methyl sites for hydroxylation is 1. The van der Waals surface area contributed by atoms with Crippen LogP contribution in [-0.2, 0) is 6.42 Å². The highest BCUT2D eigenvalue weighted by molar-refractivity contribution is 9.10. The molecule has 6 heteroatoms. The van der Waals surface area contributed by atoms with Gasteiger partial charge in [-0.15, -0.1) is 5.10 Å². The second-order valence-electron chi connectivity index (χ2n) is 4.89. The van der Waals surface area contributed by atoms with Crippen LogP contribution < -0.4 is 10.1 Å². The number of nitrogens with one attached hydrogen (secondary N) is 1. The topological polar surface area (TPSA) is 47.0 Å². The van der Waals surface area contributed by atoms with Crippen LogP contribution in [0, 0.1) is 6.92 Å². The molecule has 4 nitrogen and oxygen atoms in total. The predicted octanol–water partition coefficient (Wildman–Crippen LogP) is 3.90. The fraction of sp³-hybridized carbons (Fsp3) is 0.467. The molecule has 1 atom stereocenters. The van der Waals surface area contributed by atoms with E-state index in [0.717, 1.165) is 35.3 Å². The van der Waals surface area contributed by atoms with Gasteiger partial charge in [0.05, 0.1) is 17.7 Å². The van der Waals surface area contributed by atoms with Crippen LogP contribution in [0.15, 0.2) is 22.7 Å². The quantitative estimate of drug-likeness (QED) is 0.803. The molecule has 21 heavy (non-hydrogen) atoms. The van der Waals surface area contributed by atoms with Crippen molar-refractivity contribution >= 4 is 27.5 Å². The Labute approximate surface area is 138 Å². The van der Waals surface area contributed by atoms with Gasteiger partial charge < -0.3 is 10.1 Å². The largest absolute Gasteiger partial charge is 0.497 e. The molecule has 0 radical (unpaired) electrons. The van der Waals surface area contributed by atoms with Gasteiger partial charge in [-0.2, -0.15) is 0 Å². The molecule has 2 aromatic rings. The van der Waals surface area contributed by atoms with E-state index in [-0.39, 0.29) is 6.04 Å². The second kappa shape index (κ2) is 7.87. The Bertz CT molecular complexity index is 588. The Kier molecular flexibility index (Phi) is 6.14. The zero-order valence-corrected chi connectivity index (χ0v) is 14.9. The Morgan fingerprint density at radius 1 is 1.43 bits per heavy atom. The normalized spacial score (nSPS) is 12.4. The summed E-state index contributed by atoms with van der Waals surface area (Å²) in [5.41, 5.74) is 2.23. The van der Waals surface area contributed by atoms with E-state index in [4.69, 9.17) is 4.74 Å². The van der Waals surface area contributed by atoms with E-state index in [1.165, 1.54) is 22.0 Å². The van der Waals surface area contributed by atoms with E-state index in [2.05, 4.69) is 43.8 Å². The van der Waals surface area contributed by atoms with Crippen LogP contribution >= 0.6 is 27.5 Å². The van der Waals surface area contributed by atoms with Gasteiger partial charge in [0.25, 0.3) is 0 Å². The van der Waals surface area contributed by atoms with Crippen molar-refractivity contribution < 1.29 is 4.74 Å². The summed E-state index contributed by atoms with van der Waals surface area (Å²) < 4.78 is 10.5. The first kappa shape index (κ1) is 16.4. The molecule has 0 saturated heterocycles. The molecular weight excluding hydrogens is 350 g/mol. The second-order valence-corrected chi connectivity index (χ2v) is 6.53. The van der Waals surface area contributed by atoms with Gasteiger partial charge in [0.2, 0.25) is 0 Å². The smallest absolute Gasteiger partial charge is 0.119 e. The third-order valence-electron chi connectivity index (χ3n) is 3.32. The highest BCUT2D eigenvalue weighted by atomic mass is 79.9. The van der Waals surface area contributed by atoms with Crippen molar-refractivity contribution in [1.29, 1.82) is 0 Å². The van der Waals surface area contributed by atoms with E-state index in [1.54, 1.807) is 7.11 Å². The predicted molar refractivity (Wildman–Crippen MR) is 90.1 cm³/mol. The van der Waals surface area contributed by atoms with Crippen LogP contribution in [0.2, 0.25) is 0 Å². The lowest BCUT2D eigenvalue weighted by Crippen LogP contribution is -2.24. The molecule has 0 saturated carbocycles. The monoisotopic (exact) mass is 369 g/mol. The summed E-state index contributed by atoms with van der Waals surface area (Å²) in [6, 6.07) is 6.30. The van der Waals surface area contributed by atoms with Gasteiger partial charge >= 0.3 is 0 Å². The van der Waals surface area contributed by atoms with Gasteiger partial charge in [0, 0.05) is 10.5 Å². The summed E-state index contributed by atoms with van der Waals surface area (Å²) in [7, 11) is 1.69. The molecule has 114 valence electrons. The Morgan fingerprint density at radius 3 is 2.86 bits per heavy atom. The first-order chi connectivity index (χ1) is 10.2. The van der Waals surface area contributed by atoms with Crippen LogP contribution in [0.5, 0.6) is 5.75 Å². The standard InChI is InChI=1S/C15H20BrN3OS/c1-4-7-17-14(15-10(2)18-19-21-15)9-11-8-12(20-3)5-6-13(11)16/h5-6,8,14,17H,4,7,9H2,1-3H3. The zero-order valence-electron chi connectivity index (χ0n) is 12.5. The number of nitrogens with zero attached hydrogens (tertiary/aromatic N) is 2. The molecule has 1 heterocycles. The molecule has 0 fully saturated rings. The van der Waals surface area contributed by atoms with E-state index < -0.39 is 0 Å². The van der Waals surface area contributed by atoms with Gasteiger partial charge in [-0.3, -0.25) is 0 Å². The summed E-state index contributed by atoms with van der Waals surface area (Å²) in [6.07, 6.45) is 1.98. The van der Waals surface area contributed by atoms with Crippen molar-refractivity contribution in [3.8, 4) is 5.75 Å². The lowest BCUT2D eigenvalue weighted by atomic mass is 10.0. The highest BCUT2D eigenvalue weighted by Crippen LogP contribution is 2.29. The first-order valence-corrected chi connectivity index (χ1v) is 8.57. The first-order valence-electron chi connectivity index (χ1n) is 7.00. The third kappa shape index (κ3) is 4.25. The zero-order chi connectivity index (χ0) is 15.2. The maximum atomic E-state index is 5.32. The minimum atomic E-state index is 0.230. The van der Waals surface area contributed by atoms with E-state index >= 15 is 0 Å². The molecule has 1 aromatic heterocycles. The third-order valence-corrected chi connectivity index (χ3v) is 5.03. The van der Waals surface area contributed by atoms with E-state index in [0.29, 0.717) is 0 Å². The molecule has 0 amide bonds. The van der Waals surface area contributed by atoms with Gasteiger partial charge in [-0.05, 0) is 61.6 Å². The van der Waals surface area contributed by atoms with Crippen molar-refractivity contribution in [2.24, 2.45) is 0 Å². The average Bonchev–Trinajstić information content (AvgIpc) is 2.91.